The molecular weight excluding hydrogens is 349 g/mol. The fourth-order valence-corrected chi connectivity index (χ4v) is 4.12. The first-order chi connectivity index (χ1) is 13.4. The third-order valence-corrected chi connectivity index (χ3v) is 5.61. The first-order valence-corrected chi connectivity index (χ1v) is 9.84. The molecule has 3 heteroatoms. The summed E-state index contributed by atoms with van der Waals surface area (Å²) in [5.74, 6) is 0. The smallest absolute Gasteiger partial charge is 0.309 e. The van der Waals surface area contributed by atoms with Crippen LogP contribution in [0.15, 0.2) is 97.1 Å². The van der Waals surface area contributed by atoms with E-state index < -0.39 is 8.46 Å². The summed E-state index contributed by atoms with van der Waals surface area (Å²) in [5, 5.41) is 3.35. The second kappa shape index (κ2) is 6.50. The summed E-state index contributed by atoms with van der Waals surface area (Å²) in [5.41, 5.74) is 5.82. The lowest BCUT2D eigenvalue weighted by atomic mass is 10.0. The summed E-state index contributed by atoms with van der Waals surface area (Å²) in [6.45, 7) is 0. The normalized spacial score (nSPS) is 11.4. The zero-order valence-electron chi connectivity index (χ0n) is 14.6. The minimum atomic E-state index is -0.422. The van der Waals surface area contributed by atoms with Crippen molar-refractivity contribution >= 4 is 35.6 Å². The summed E-state index contributed by atoms with van der Waals surface area (Å²) >= 11 is 0. The van der Waals surface area contributed by atoms with Gasteiger partial charge in [-0.2, -0.15) is 0 Å². The molecule has 0 saturated heterocycles. The van der Waals surface area contributed by atoms with Crippen molar-refractivity contribution in [3.05, 3.63) is 97.1 Å². The van der Waals surface area contributed by atoms with E-state index in [-0.39, 0.29) is 0 Å². The molecule has 0 aliphatic heterocycles. The van der Waals surface area contributed by atoms with Gasteiger partial charge in [-0.25, -0.2) is 0 Å². The molecule has 0 amide bonds. The SMILES string of the molecule is O=[PH+]c1ccc(-c2ccccc2-n2c3ccccc3c3ccccc32)cc1. The Morgan fingerprint density at radius 3 is 1.78 bits per heavy atom. The van der Waals surface area contributed by atoms with Crippen LogP contribution in [0.3, 0.4) is 0 Å². The Labute approximate surface area is 158 Å². The summed E-state index contributed by atoms with van der Waals surface area (Å²) < 4.78 is 13.5. The molecule has 0 N–H and O–H groups in total. The fraction of sp³-hybridized carbons (Fsp3) is 0. The van der Waals surface area contributed by atoms with Gasteiger partial charge in [0.15, 0.2) is 5.30 Å². The van der Waals surface area contributed by atoms with E-state index in [4.69, 9.17) is 0 Å². The van der Waals surface area contributed by atoms with Gasteiger partial charge in [-0.3, -0.25) is 0 Å². The molecule has 1 unspecified atom stereocenters. The maximum Gasteiger partial charge on any atom is 0.363 e. The quantitative estimate of drug-likeness (QED) is 0.354. The molecule has 1 atom stereocenters. The molecule has 0 radical (unpaired) electrons. The molecule has 0 spiro atoms. The molecule has 0 aliphatic rings. The Morgan fingerprint density at radius 2 is 1.15 bits per heavy atom. The number of hydrogen-bond acceptors (Lipinski definition) is 1. The van der Waals surface area contributed by atoms with Gasteiger partial charge in [0.05, 0.1) is 16.7 Å². The van der Waals surface area contributed by atoms with E-state index in [0.717, 1.165) is 22.1 Å². The lowest BCUT2D eigenvalue weighted by Crippen LogP contribution is -1.97. The van der Waals surface area contributed by atoms with Crippen LogP contribution in [0.2, 0.25) is 0 Å². The molecule has 0 saturated carbocycles. The molecule has 128 valence electrons. The van der Waals surface area contributed by atoms with E-state index in [1.165, 1.54) is 21.8 Å². The summed E-state index contributed by atoms with van der Waals surface area (Å²) in [6.07, 6.45) is 0. The summed E-state index contributed by atoms with van der Waals surface area (Å²) in [6, 6.07) is 33.5. The van der Waals surface area contributed by atoms with E-state index in [1.807, 2.05) is 24.3 Å². The Hall–Kier alpha value is -3.22. The number of nitrogens with zero attached hydrogens (tertiary/aromatic N) is 1. The number of para-hydroxylation sites is 3. The number of aromatic nitrogens is 1. The van der Waals surface area contributed by atoms with Gasteiger partial charge in [-0.1, -0.05) is 59.2 Å². The number of fused-ring (bicyclic) bond motifs is 3. The van der Waals surface area contributed by atoms with Crippen LogP contribution in [-0.4, -0.2) is 4.57 Å². The first-order valence-electron chi connectivity index (χ1n) is 8.93. The van der Waals surface area contributed by atoms with Crippen molar-refractivity contribution in [2.45, 2.75) is 0 Å². The molecule has 2 nitrogen and oxygen atoms in total. The van der Waals surface area contributed by atoms with Crippen LogP contribution in [0.25, 0.3) is 38.6 Å². The highest BCUT2D eigenvalue weighted by molar-refractivity contribution is 7.34. The van der Waals surface area contributed by atoms with E-state index in [1.54, 1.807) is 0 Å². The maximum atomic E-state index is 11.1. The predicted octanol–water partition coefficient (Wildman–Crippen LogP) is 6.10. The number of rotatable bonds is 3. The molecular formula is C24H17NOP+. The standard InChI is InChI=1S/C24H16NOP/c26-27-18-15-13-17(14-16-18)19-7-1-4-10-22(19)25-23-11-5-2-8-20(23)21-9-3-6-12-24(21)25/h1-16H/p+1. The van der Waals surface area contributed by atoms with Crippen LogP contribution in [0.4, 0.5) is 0 Å². The van der Waals surface area contributed by atoms with Crippen LogP contribution in [0, 0.1) is 0 Å². The largest absolute Gasteiger partial charge is 0.363 e. The molecule has 4 aromatic carbocycles. The number of benzene rings is 4. The van der Waals surface area contributed by atoms with Crippen molar-refractivity contribution in [2.75, 3.05) is 0 Å². The Kier molecular flexibility index (Phi) is 3.85. The molecule has 1 aromatic heterocycles. The van der Waals surface area contributed by atoms with Gasteiger partial charge < -0.3 is 4.57 Å². The van der Waals surface area contributed by atoms with Crippen molar-refractivity contribution in [3.63, 3.8) is 0 Å². The highest BCUT2D eigenvalue weighted by Gasteiger charge is 2.14. The third-order valence-electron chi connectivity index (χ3n) is 5.04. The maximum absolute atomic E-state index is 11.1. The van der Waals surface area contributed by atoms with Crippen LogP contribution >= 0.6 is 8.46 Å². The van der Waals surface area contributed by atoms with Crippen LogP contribution in [-0.2, 0) is 4.57 Å². The van der Waals surface area contributed by atoms with Gasteiger partial charge in [0.1, 0.15) is 0 Å². The second-order valence-corrected chi connectivity index (χ2v) is 7.35. The van der Waals surface area contributed by atoms with Gasteiger partial charge in [-0.05, 0) is 48.0 Å². The van der Waals surface area contributed by atoms with Crippen LogP contribution < -0.4 is 5.30 Å². The van der Waals surface area contributed by atoms with Crippen molar-refractivity contribution in [2.24, 2.45) is 0 Å². The lowest BCUT2D eigenvalue weighted by molar-refractivity contribution is 0.603. The van der Waals surface area contributed by atoms with Crippen LogP contribution in [0.1, 0.15) is 0 Å². The number of hydrogen-bond donors (Lipinski definition) is 0. The highest BCUT2D eigenvalue weighted by Crippen LogP contribution is 2.35. The topological polar surface area (TPSA) is 22.0 Å². The van der Waals surface area contributed by atoms with Gasteiger partial charge >= 0.3 is 8.46 Å². The molecule has 5 rings (SSSR count). The fourth-order valence-electron chi connectivity index (χ4n) is 3.81. The van der Waals surface area contributed by atoms with E-state index >= 15 is 0 Å². The van der Waals surface area contributed by atoms with Gasteiger partial charge in [0.25, 0.3) is 0 Å². The van der Waals surface area contributed by atoms with E-state index in [9.17, 15) is 4.57 Å². The Morgan fingerprint density at radius 1 is 0.593 bits per heavy atom. The van der Waals surface area contributed by atoms with E-state index in [0.29, 0.717) is 0 Å². The molecule has 1 heterocycles. The first kappa shape index (κ1) is 16.0. The molecule has 0 bridgehead atoms. The summed E-state index contributed by atoms with van der Waals surface area (Å²) in [7, 11) is -0.422. The van der Waals surface area contributed by atoms with Gasteiger partial charge in [0.2, 0.25) is 0 Å². The highest BCUT2D eigenvalue weighted by atomic mass is 31.1. The minimum absolute atomic E-state index is 0.422. The lowest BCUT2D eigenvalue weighted by Gasteiger charge is -2.13. The monoisotopic (exact) mass is 366 g/mol. The Balaban J connectivity index is 1.84. The van der Waals surface area contributed by atoms with E-state index in [2.05, 4.69) is 77.4 Å². The Bertz CT molecular complexity index is 1230. The zero-order valence-corrected chi connectivity index (χ0v) is 15.6. The second-order valence-electron chi connectivity index (χ2n) is 6.57. The van der Waals surface area contributed by atoms with Crippen LogP contribution in [0.5, 0.6) is 0 Å². The van der Waals surface area contributed by atoms with Crippen molar-refractivity contribution in [3.8, 4) is 16.8 Å². The van der Waals surface area contributed by atoms with Crippen molar-refractivity contribution < 1.29 is 4.57 Å². The summed E-state index contributed by atoms with van der Waals surface area (Å²) in [4.78, 5) is 0. The predicted molar refractivity (Wildman–Crippen MR) is 115 cm³/mol. The van der Waals surface area contributed by atoms with Gasteiger partial charge in [-0.15, -0.1) is 0 Å². The zero-order chi connectivity index (χ0) is 18.2. The molecule has 27 heavy (non-hydrogen) atoms. The van der Waals surface area contributed by atoms with Crippen molar-refractivity contribution in [1.29, 1.82) is 0 Å². The van der Waals surface area contributed by atoms with Crippen molar-refractivity contribution in [1.82, 2.24) is 4.57 Å². The van der Waals surface area contributed by atoms with Gasteiger partial charge in [0, 0.05) is 16.3 Å². The molecule has 0 fully saturated rings. The molecule has 0 aliphatic carbocycles. The molecule has 5 aromatic rings. The third kappa shape index (κ3) is 2.58. The average Bonchev–Trinajstić information content (AvgIpc) is 3.08. The minimum Gasteiger partial charge on any atom is -0.309 e. The average molecular weight is 366 g/mol.